The summed E-state index contributed by atoms with van der Waals surface area (Å²) >= 11 is 0. The Kier molecular flexibility index (Phi) is 10.1. The average Bonchev–Trinajstić information content (AvgIpc) is 2.17. The maximum atomic E-state index is 11.0. The maximum absolute atomic E-state index is 11.0. The Morgan fingerprint density at radius 2 is 1.79 bits per heavy atom. The van der Waals surface area contributed by atoms with E-state index in [4.69, 9.17) is 5.73 Å². The van der Waals surface area contributed by atoms with Gasteiger partial charge in [-0.15, -0.1) is 0 Å². The van der Waals surface area contributed by atoms with Gasteiger partial charge < -0.3 is 11.1 Å². The highest BCUT2D eigenvalue weighted by Crippen LogP contribution is 2.03. The Labute approximate surface area is 87.4 Å². The first kappa shape index (κ1) is 13.4. The van der Waals surface area contributed by atoms with Crippen molar-refractivity contribution in [1.29, 1.82) is 0 Å². The number of nitrogens with one attached hydrogen (secondary N) is 1. The first-order chi connectivity index (χ1) is 6.81. The average molecular weight is 200 g/mol. The quantitative estimate of drug-likeness (QED) is 0.558. The second-order valence-corrected chi connectivity index (χ2v) is 3.66. The molecule has 0 spiro atoms. The summed E-state index contributed by atoms with van der Waals surface area (Å²) in [4.78, 5) is 11.0. The van der Waals surface area contributed by atoms with Crippen LogP contribution < -0.4 is 11.1 Å². The molecule has 0 heterocycles. The van der Waals surface area contributed by atoms with E-state index in [1.807, 2.05) is 0 Å². The summed E-state index contributed by atoms with van der Waals surface area (Å²) in [6.45, 7) is 3.47. The van der Waals surface area contributed by atoms with E-state index in [2.05, 4.69) is 12.2 Å². The summed E-state index contributed by atoms with van der Waals surface area (Å²) in [6.07, 6.45) is 8.01. The lowest BCUT2D eigenvalue weighted by molar-refractivity contribution is -0.120. The normalized spacial score (nSPS) is 10.1. The fourth-order valence-corrected chi connectivity index (χ4v) is 1.35. The Hall–Kier alpha value is -0.570. The summed E-state index contributed by atoms with van der Waals surface area (Å²) in [5.41, 5.74) is 5.25. The van der Waals surface area contributed by atoms with E-state index in [0.29, 0.717) is 13.0 Å². The molecule has 14 heavy (non-hydrogen) atoms. The monoisotopic (exact) mass is 200 g/mol. The molecule has 0 bridgehead atoms. The molecular formula is C11H24N2O. The molecule has 3 nitrogen and oxygen atoms in total. The Balaban J connectivity index is 3.01. The van der Waals surface area contributed by atoms with Crippen molar-refractivity contribution in [1.82, 2.24) is 5.32 Å². The van der Waals surface area contributed by atoms with Crippen LogP contribution in [0.5, 0.6) is 0 Å². The fourth-order valence-electron chi connectivity index (χ4n) is 1.35. The van der Waals surface area contributed by atoms with Gasteiger partial charge in [0, 0.05) is 19.5 Å². The van der Waals surface area contributed by atoms with Crippen molar-refractivity contribution in [3.05, 3.63) is 0 Å². The van der Waals surface area contributed by atoms with Crippen LogP contribution in [-0.4, -0.2) is 19.0 Å². The highest BCUT2D eigenvalue weighted by molar-refractivity contribution is 5.75. The van der Waals surface area contributed by atoms with Crippen LogP contribution in [0.2, 0.25) is 0 Å². The predicted molar refractivity (Wildman–Crippen MR) is 60.1 cm³/mol. The third-order valence-electron chi connectivity index (χ3n) is 2.22. The smallest absolute Gasteiger partial charge is 0.221 e. The van der Waals surface area contributed by atoms with E-state index in [0.717, 1.165) is 13.0 Å². The van der Waals surface area contributed by atoms with Crippen molar-refractivity contribution in [2.24, 2.45) is 5.73 Å². The molecule has 0 unspecified atom stereocenters. The van der Waals surface area contributed by atoms with Crippen molar-refractivity contribution < 1.29 is 4.79 Å². The van der Waals surface area contributed by atoms with E-state index in [9.17, 15) is 4.79 Å². The summed E-state index contributed by atoms with van der Waals surface area (Å²) in [6, 6.07) is 0. The van der Waals surface area contributed by atoms with Gasteiger partial charge in [-0.1, -0.05) is 39.0 Å². The summed E-state index contributed by atoms with van der Waals surface area (Å²) in [5.74, 6) is 0.0843. The van der Waals surface area contributed by atoms with E-state index in [-0.39, 0.29) is 5.91 Å². The van der Waals surface area contributed by atoms with Gasteiger partial charge >= 0.3 is 0 Å². The molecule has 0 atom stereocenters. The second-order valence-electron chi connectivity index (χ2n) is 3.66. The van der Waals surface area contributed by atoms with Gasteiger partial charge in [-0.2, -0.15) is 0 Å². The van der Waals surface area contributed by atoms with Crippen molar-refractivity contribution in [3.8, 4) is 0 Å². The molecule has 0 aliphatic heterocycles. The van der Waals surface area contributed by atoms with Crippen LogP contribution in [0.25, 0.3) is 0 Å². The van der Waals surface area contributed by atoms with Crippen LogP contribution in [0.1, 0.15) is 51.9 Å². The summed E-state index contributed by atoms with van der Waals surface area (Å²) < 4.78 is 0. The fraction of sp³-hybridized carbons (Fsp3) is 0.909. The van der Waals surface area contributed by atoms with E-state index < -0.39 is 0 Å². The van der Waals surface area contributed by atoms with E-state index >= 15 is 0 Å². The molecule has 0 saturated carbocycles. The number of unbranched alkanes of at least 4 members (excludes halogenated alkanes) is 5. The number of rotatable bonds is 9. The Morgan fingerprint density at radius 3 is 2.43 bits per heavy atom. The molecule has 0 saturated heterocycles. The van der Waals surface area contributed by atoms with Crippen molar-refractivity contribution in [2.45, 2.75) is 51.9 Å². The highest BCUT2D eigenvalue weighted by atomic mass is 16.1. The van der Waals surface area contributed by atoms with Gasteiger partial charge in [0.1, 0.15) is 0 Å². The van der Waals surface area contributed by atoms with Crippen molar-refractivity contribution in [2.75, 3.05) is 13.1 Å². The van der Waals surface area contributed by atoms with Gasteiger partial charge in [0.2, 0.25) is 5.91 Å². The van der Waals surface area contributed by atoms with Crippen molar-refractivity contribution >= 4 is 5.91 Å². The zero-order valence-corrected chi connectivity index (χ0v) is 9.35. The van der Waals surface area contributed by atoms with Gasteiger partial charge in [-0.05, 0) is 6.42 Å². The van der Waals surface area contributed by atoms with Crippen LogP contribution >= 0.6 is 0 Å². The minimum Gasteiger partial charge on any atom is -0.356 e. The van der Waals surface area contributed by atoms with Crippen LogP contribution in [0.15, 0.2) is 0 Å². The molecule has 3 heteroatoms. The molecular weight excluding hydrogens is 176 g/mol. The lowest BCUT2D eigenvalue weighted by Gasteiger charge is -2.03. The molecule has 0 aliphatic rings. The molecule has 0 aromatic heterocycles. The third kappa shape index (κ3) is 9.52. The molecule has 1 amide bonds. The van der Waals surface area contributed by atoms with Gasteiger partial charge in [0.25, 0.3) is 0 Å². The van der Waals surface area contributed by atoms with Crippen LogP contribution in [0.3, 0.4) is 0 Å². The minimum absolute atomic E-state index is 0.0843. The van der Waals surface area contributed by atoms with E-state index in [1.165, 1.54) is 32.1 Å². The standard InChI is InChI=1S/C11H24N2O/c1-2-3-4-5-6-7-10-13-11(14)8-9-12/h2-10,12H2,1H3,(H,13,14). The van der Waals surface area contributed by atoms with Crippen molar-refractivity contribution in [3.63, 3.8) is 0 Å². The predicted octanol–water partition coefficient (Wildman–Crippen LogP) is 1.81. The molecule has 0 radical (unpaired) electrons. The molecule has 0 rings (SSSR count). The molecule has 0 fully saturated rings. The molecule has 0 aromatic carbocycles. The maximum Gasteiger partial charge on any atom is 0.221 e. The summed E-state index contributed by atoms with van der Waals surface area (Å²) in [7, 11) is 0. The number of hydrogen-bond acceptors (Lipinski definition) is 2. The number of carbonyl (C=O) groups is 1. The number of nitrogens with two attached hydrogens (primary N) is 1. The largest absolute Gasteiger partial charge is 0.356 e. The van der Waals surface area contributed by atoms with E-state index in [1.54, 1.807) is 0 Å². The van der Waals surface area contributed by atoms with Crippen LogP contribution in [-0.2, 0) is 4.79 Å². The number of hydrogen-bond donors (Lipinski definition) is 2. The van der Waals surface area contributed by atoms with Gasteiger partial charge in [-0.25, -0.2) is 0 Å². The molecule has 0 aliphatic carbocycles. The van der Waals surface area contributed by atoms with Gasteiger partial charge in [-0.3, -0.25) is 4.79 Å². The molecule has 0 aromatic rings. The first-order valence-corrected chi connectivity index (χ1v) is 5.78. The summed E-state index contributed by atoms with van der Waals surface area (Å²) in [5, 5.41) is 2.86. The topological polar surface area (TPSA) is 55.1 Å². The second kappa shape index (κ2) is 10.5. The zero-order valence-electron chi connectivity index (χ0n) is 9.35. The first-order valence-electron chi connectivity index (χ1n) is 5.78. The number of carbonyl (C=O) groups excluding carboxylic acids is 1. The number of amides is 1. The van der Waals surface area contributed by atoms with Crippen LogP contribution in [0, 0.1) is 0 Å². The van der Waals surface area contributed by atoms with Gasteiger partial charge in [0.05, 0.1) is 0 Å². The molecule has 84 valence electrons. The highest BCUT2D eigenvalue weighted by Gasteiger charge is 1.97. The molecule has 3 N–H and O–H groups in total. The third-order valence-corrected chi connectivity index (χ3v) is 2.22. The Morgan fingerprint density at radius 1 is 1.14 bits per heavy atom. The van der Waals surface area contributed by atoms with Crippen LogP contribution in [0.4, 0.5) is 0 Å². The van der Waals surface area contributed by atoms with Gasteiger partial charge in [0.15, 0.2) is 0 Å². The minimum atomic E-state index is 0.0843. The SMILES string of the molecule is CCCCCCCCNC(=O)CCN. The lowest BCUT2D eigenvalue weighted by Crippen LogP contribution is -2.26. The zero-order chi connectivity index (χ0) is 10.6. The Bertz CT molecular complexity index is 137. The lowest BCUT2D eigenvalue weighted by atomic mass is 10.1.